The summed E-state index contributed by atoms with van der Waals surface area (Å²) in [5.41, 5.74) is 0.0845. The van der Waals surface area contributed by atoms with E-state index in [-0.39, 0.29) is 13.1 Å². The minimum atomic E-state index is -4.07. The number of hydrogen-bond acceptors (Lipinski definition) is 9. The molecule has 0 bridgehead atoms. The average molecular weight is 595 g/mol. The summed E-state index contributed by atoms with van der Waals surface area (Å²) in [6, 6.07) is 5.37. The second-order valence-corrected chi connectivity index (χ2v) is 13.3. The first-order chi connectivity index (χ1) is 18.3. The van der Waals surface area contributed by atoms with Crippen molar-refractivity contribution in [1.82, 2.24) is 18.8 Å². The number of carbonyl (C=O) groups is 3. The van der Waals surface area contributed by atoms with Crippen LogP contribution in [-0.2, 0) is 35.6 Å². The number of pyridine rings is 1. The van der Waals surface area contributed by atoms with Gasteiger partial charge in [0.1, 0.15) is 11.6 Å². The molecule has 0 N–H and O–H groups in total. The molecule has 4 rings (SSSR count). The highest BCUT2D eigenvalue weighted by Gasteiger charge is 2.42. The molecule has 1 saturated heterocycles. The number of piperazine rings is 1. The van der Waals surface area contributed by atoms with E-state index in [9.17, 15) is 22.8 Å². The van der Waals surface area contributed by atoms with Crippen LogP contribution in [0, 0.1) is 0 Å². The molecular formula is C25H27ClN4O7S2. The number of nitrogens with zero attached hydrogens (tertiary/aromatic N) is 4. The van der Waals surface area contributed by atoms with Gasteiger partial charge in [-0.3, -0.25) is 9.78 Å². The SMILES string of the molecule is COC(=O)C1CN(S(=O)(=O)C=Cc2ccc(Cl)s2)CC(=O)N1Cc1cc2cnccc2n1C(=O)OC(C)(C)C. The molecule has 39 heavy (non-hydrogen) atoms. The molecular weight excluding hydrogens is 568 g/mol. The van der Waals surface area contributed by atoms with Crippen LogP contribution >= 0.6 is 22.9 Å². The highest BCUT2D eigenvalue weighted by molar-refractivity contribution is 7.92. The number of esters is 1. The summed E-state index contributed by atoms with van der Waals surface area (Å²) >= 11 is 7.10. The smallest absolute Gasteiger partial charge is 0.419 e. The normalized spacial score (nSPS) is 17.2. The molecule has 1 unspecified atom stereocenters. The van der Waals surface area contributed by atoms with Gasteiger partial charge < -0.3 is 14.4 Å². The van der Waals surface area contributed by atoms with Crippen molar-refractivity contribution in [3.63, 3.8) is 0 Å². The van der Waals surface area contributed by atoms with Crippen LogP contribution in [0.1, 0.15) is 31.3 Å². The molecule has 4 heterocycles. The first kappa shape index (κ1) is 28.7. The molecule has 0 aromatic carbocycles. The van der Waals surface area contributed by atoms with E-state index in [4.69, 9.17) is 21.1 Å². The lowest BCUT2D eigenvalue weighted by atomic mass is 10.1. The maximum absolute atomic E-state index is 13.3. The molecule has 0 aliphatic carbocycles. The fraction of sp³-hybridized carbons (Fsp3) is 0.360. The molecule has 11 nitrogen and oxygen atoms in total. The number of ether oxygens (including phenoxy) is 2. The highest BCUT2D eigenvalue weighted by atomic mass is 35.5. The number of thiophene rings is 1. The summed E-state index contributed by atoms with van der Waals surface area (Å²) in [4.78, 5) is 45.2. The number of halogens is 1. The quantitative estimate of drug-likeness (QED) is 0.395. The number of sulfonamides is 1. The first-order valence-corrected chi connectivity index (χ1v) is 14.5. The third kappa shape index (κ3) is 6.49. The van der Waals surface area contributed by atoms with Crippen LogP contribution < -0.4 is 0 Å². The lowest BCUT2D eigenvalue weighted by molar-refractivity contribution is -0.157. The molecule has 3 aromatic heterocycles. The van der Waals surface area contributed by atoms with Crippen LogP contribution in [0.25, 0.3) is 17.0 Å². The molecule has 1 aliphatic rings. The van der Waals surface area contributed by atoms with Gasteiger partial charge in [-0.05, 0) is 51.1 Å². The third-order valence-corrected chi connectivity index (χ3v) is 8.48. The molecule has 208 valence electrons. The van der Waals surface area contributed by atoms with E-state index in [0.717, 1.165) is 16.8 Å². The molecule has 0 radical (unpaired) electrons. The van der Waals surface area contributed by atoms with Gasteiger partial charge in [0, 0.05) is 40.3 Å². The number of carbonyl (C=O) groups excluding carboxylic acids is 3. The standard InChI is InChI=1S/C25H27ClN4O7S2/c1-25(2,3)37-24(33)30-17(11-16-12-27-9-7-19(16)30)13-29-20(23(32)36-4)14-28(15-22(29)31)39(34,35)10-8-18-5-6-21(26)38-18/h5-12,20H,13-15H2,1-4H3. The van der Waals surface area contributed by atoms with Crippen LogP contribution in [0.2, 0.25) is 4.34 Å². The zero-order valence-corrected chi connectivity index (χ0v) is 24.0. The molecule has 0 spiro atoms. The fourth-order valence-corrected chi connectivity index (χ4v) is 6.27. The lowest BCUT2D eigenvalue weighted by Crippen LogP contribution is -2.60. The van der Waals surface area contributed by atoms with Gasteiger partial charge in [-0.1, -0.05) is 11.6 Å². The zero-order valence-electron chi connectivity index (χ0n) is 21.7. The van der Waals surface area contributed by atoms with Gasteiger partial charge in [0.05, 0.1) is 30.1 Å². The topological polar surface area (TPSA) is 128 Å². The van der Waals surface area contributed by atoms with E-state index in [2.05, 4.69) is 4.98 Å². The number of amides is 1. The second kappa shape index (κ2) is 11.1. The molecule has 3 aromatic rings. The Morgan fingerprint density at radius 2 is 2.00 bits per heavy atom. The Labute approximate surface area is 234 Å². The van der Waals surface area contributed by atoms with Crippen molar-refractivity contribution in [3.05, 3.63) is 57.0 Å². The number of aromatic nitrogens is 2. The van der Waals surface area contributed by atoms with Crippen LogP contribution in [-0.4, -0.2) is 77.0 Å². The number of rotatable bonds is 6. The van der Waals surface area contributed by atoms with E-state index in [1.165, 1.54) is 33.1 Å². The van der Waals surface area contributed by atoms with Gasteiger partial charge >= 0.3 is 12.1 Å². The Morgan fingerprint density at radius 1 is 1.26 bits per heavy atom. The molecule has 1 amide bonds. The van der Waals surface area contributed by atoms with E-state index < -0.39 is 46.2 Å². The van der Waals surface area contributed by atoms with E-state index in [1.807, 2.05) is 0 Å². The molecule has 14 heteroatoms. The summed E-state index contributed by atoms with van der Waals surface area (Å²) in [6.45, 7) is 4.19. The fourth-order valence-electron chi connectivity index (χ4n) is 4.09. The molecule has 1 aliphatic heterocycles. The van der Waals surface area contributed by atoms with Crippen molar-refractivity contribution in [2.24, 2.45) is 0 Å². The highest BCUT2D eigenvalue weighted by Crippen LogP contribution is 2.27. The molecule has 1 atom stereocenters. The van der Waals surface area contributed by atoms with Crippen molar-refractivity contribution in [1.29, 1.82) is 0 Å². The van der Waals surface area contributed by atoms with Crippen LogP contribution in [0.4, 0.5) is 4.79 Å². The summed E-state index contributed by atoms with van der Waals surface area (Å²) < 4.78 is 39.3. The van der Waals surface area contributed by atoms with E-state index >= 15 is 0 Å². The van der Waals surface area contributed by atoms with Crippen molar-refractivity contribution in [2.45, 2.75) is 39.0 Å². The average Bonchev–Trinajstić information content (AvgIpc) is 3.45. The van der Waals surface area contributed by atoms with Gasteiger partial charge in [-0.15, -0.1) is 11.3 Å². The summed E-state index contributed by atoms with van der Waals surface area (Å²) in [7, 11) is -2.91. The van der Waals surface area contributed by atoms with Gasteiger partial charge in [0.15, 0.2) is 0 Å². The van der Waals surface area contributed by atoms with Crippen LogP contribution in [0.3, 0.4) is 0 Å². The maximum Gasteiger partial charge on any atom is 0.419 e. The van der Waals surface area contributed by atoms with E-state index in [0.29, 0.717) is 25.8 Å². The lowest BCUT2D eigenvalue weighted by Gasteiger charge is -2.38. The number of fused-ring (bicyclic) bond motifs is 1. The van der Waals surface area contributed by atoms with Crippen molar-refractivity contribution >= 4 is 67.9 Å². The third-order valence-electron chi connectivity index (χ3n) is 5.80. The Kier molecular flexibility index (Phi) is 8.17. The minimum Gasteiger partial charge on any atom is -0.467 e. The van der Waals surface area contributed by atoms with Gasteiger partial charge in [-0.25, -0.2) is 22.6 Å². The second-order valence-electron chi connectivity index (χ2n) is 9.73. The molecule has 0 saturated carbocycles. The van der Waals surface area contributed by atoms with Crippen LogP contribution in [0.15, 0.2) is 42.1 Å². The summed E-state index contributed by atoms with van der Waals surface area (Å²) in [5.74, 6) is -1.43. The van der Waals surface area contributed by atoms with E-state index in [1.54, 1.807) is 51.2 Å². The van der Waals surface area contributed by atoms with Crippen LogP contribution in [0.5, 0.6) is 0 Å². The minimum absolute atomic E-state index is 0.177. The Hall–Kier alpha value is -3.26. The van der Waals surface area contributed by atoms with Gasteiger partial charge in [-0.2, -0.15) is 4.31 Å². The Bertz CT molecular complexity index is 1560. The first-order valence-electron chi connectivity index (χ1n) is 11.8. The predicted molar refractivity (Wildman–Crippen MR) is 147 cm³/mol. The summed E-state index contributed by atoms with van der Waals surface area (Å²) in [5, 5.41) is 1.60. The van der Waals surface area contributed by atoms with Gasteiger partial charge in [0.25, 0.3) is 0 Å². The van der Waals surface area contributed by atoms with Crippen molar-refractivity contribution in [3.8, 4) is 0 Å². The maximum atomic E-state index is 13.3. The molecule has 1 fully saturated rings. The largest absolute Gasteiger partial charge is 0.467 e. The Morgan fingerprint density at radius 3 is 2.64 bits per heavy atom. The Balaban J connectivity index is 1.65. The van der Waals surface area contributed by atoms with Gasteiger partial charge in [0.2, 0.25) is 15.9 Å². The number of methoxy groups -OCH3 is 1. The van der Waals surface area contributed by atoms with Crippen molar-refractivity contribution < 1.29 is 32.3 Å². The monoisotopic (exact) mass is 594 g/mol. The zero-order chi connectivity index (χ0) is 28.5. The summed E-state index contributed by atoms with van der Waals surface area (Å²) in [6.07, 6.45) is 3.80. The number of hydrogen-bond donors (Lipinski definition) is 0. The van der Waals surface area contributed by atoms with Crippen molar-refractivity contribution in [2.75, 3.05) is 20.2 Å². The predicted octanol–water partition coefficient (Wildman–Crippen LogP) is 3.72.